The highest BCUT2D eigenvalue weighted by molar-refractivity contribution is 8.00. The molecule has 0 fully saturated rings. The number of benzene rings is 1. The number of anilines is 1. The van der Waals surface area contributed by atoms with E-state index in [1.54, 1.807) is 11.9 Å². The van der Waals surface area contributed by atoms with Gasteiger partial charge >= 0.3 is 0 Å². The fourth-order valence-corrected chi connectivity index (χ4v) is 2.92. The standard InChI is InChI=1S/C15H16N4S/c1-11(2)19-14(8-10-17-19)20-18-13-7-3-5-12-6-4-9-16-15(12)13/h3-11,18H,1-2H3. The van der Waals surface area contributed by atoms with E-state index in [1.807, 2.05) is 41.3 Å². The van der Waals surface area contributed by atoms with Crippen LogP contribution in [0.3, 0.4) is 0 Å². The fraction of sp³-hybridized carbons (Fsp3) is 0.200. The van der Waals surface area contributed by atoms with Crippen molar-refractivity contribution in [1.82, 2.24) is 14.8 Å². The van der Waals surface area contributed by atoms with Gasteiger partial charge in [-0.05, 0) is 32.0 Å². The summed E-state index contributed by atoms with van der Waals surface area (Å²) in [6.07, 6.45) is 3.64. The summed E-state index contributed by atoms with van der Waals surface area (Å²) in [5.74, 6) is 0. The summed E-state index contributed by atoms with van der Waals surface area (Å²) in [6, 6.07) is 12.5. The van der Waals surface area contributed by atoms with Crippen LogP contribution in [0, 0.1) is 0 Å². The van der Waals surface area contributed by atoms with Crippen molar-refractivity contribution in [3.63, 3.8) is 0 Å². The number of aromatic nitrogens is 3. The zero-order valence-corrected chi connectivity index (χ0v) is 12.3. The number of hydrogen-bond donors (Lipinski definition) is 1. The van der Waals surface area contributed by atoms with Crippen molar-refractivity contribution in [3.05, 3.63) is 48.8 Å². The van der Waals surface area contributed by atoms with Crippen LogP contribution in [0.25, 0.3) is 10.9 Å². The van der Waals surface area contributed by atoms with Crippen LogP contribution in [-0.4, -0.2) is 14.8 Å². The van der Waals surface area contributed by atoms with Gasteiger partial charge in [-0.3, -0.25) is 9.67 Å². The highest BCUT2D eigenvalue weighted by atomic mass is 32.2. The van der Waals surface area contributed by atoms with E-state index < -0.39 is 0 Å². The lowest BCUT2D eigenvalue weighted by atomic mass is 10.2. The fourth-order valence-electron chi connectivity index (χ4n) is 2.06. The highest BCUT2D eigenvalue weighted by Crippen LogP contribution is 2.27. The number of para-hydroxylation sites is 1. The van der Waals surface area contributed by atoms with Crippen LogP contribution in [0.5, 0.6) is 0 Å². The molecular formula is C15H16N4S. The van der Waals surface area contributed by atoms with Crippen molar-refractivity contribution in [2.45, 2.75) is 24.9 Å². The van der Waals surface area contributed by atoms with Gasteiger partial charge in [0.2, 0.25) is 0 Å². The first-order valence-corrected chi connectivity index (χ1v) is 7.37. The summed E-state index contributed by atoms with van der Waals surface area (Å²) in [5.41, 5.74) is 2.00. The third-order valence-corrected chi connectivity index (χ3v) is 3.88. The van der Waals surface area contributed by atoms with Crippen LogP contribution in [0.2, 0.25) is 0 Å². The third kappa shape index (κ3) is 2.49. The van der Waals surface area contributed by atoms with Crippen LogP contribution in [0.4, 0.5) is 5.69 Å². The Bertz CT molecular complexity index is 715. The molecule has 0 aliphatic rings. The Morgan fingerprint density at radius 1 is 1.10 bits per heavy atom. The maximum atomic E-state index is 4.44. The lowest BCUT2D eigenvalue weighted by molar-refractivity contribution is 0.493. The largest absolute Gasteiger partial charge is 0.322 e. The maximum Gasteiger partial charge on any atom is 0.115 e. The van der Waals surface area contributed by atoms with E-state index in [0.29, 0.717) is 6.04 Å². The Labute approximate surface area is 122 Å². The van der Waals surface area contributed by atoms with Crippen molar-refractivity contribution in [2.24, 2.45) is 0 Å². The number of rotatable bonds is 4. The van der Waals surface area contributed by atoms with Gasteiger partial charge in [0.1, 0.15) is 5.03 Å². The summed E-state index contributed by atoms with van der Waals surface area (Å²) in [7, 11) is 0. The normalized spacial score (nSPS) is 11.2. The minimum Gasteiger partial charge on any atom is -0.322 e. The van der Waals surface area contributed by atoms with Gasteiger partial charge in [-0.25, -0.2) is 0 Å². The lowest BCUT2D eigenvalue weighted by Crippen LogP contribution is -2.04. The van der Waals surface area contributed by atoms with Gasteiger partial charge in [-0.15, -0.1) is 0 Å². The molecule has 0 saturated heterocycles. The molecule has 20 heavy (non-hydrogen) atoms. The Morgan fingerprint density at radius 3 is 2.80 bits per heavy atom. The smallest absolute Gasteiger partial charge is 0.115 e. The molecule has 0 unspecified atom stereocenters. The monoisotopic (exact) mass is 284 g/mol. The van der Waals surface area contributed by atoms with E-state index in [0.717, 1.165) is 21.6 Å². The summed E-state index contributed by atoms with van der Waals surface area (Å²) in [5, 5.41) is 6.56. The molecule has 3 aromatic rings. The van der Waals surface area contributed by atoms with Crippen molar-refractivity contribution in [3.8, 4) is 0 Å². The second-order valence-corrected chi connectivity index (χ2v) is 5.62. The van der Waals surface area contributed by atoms with Gasteiger partial charge in [0, 0.05) is 29.6 Å². The van der Waals surface area contributed by atoms with Gasteiger partial charge < -0.3 is 4.72 Å². The quantitative estimate of drug-likeness (QED) is 0.731. The molecule has 0 aliphatic heterocycles. The zero-order chi connectivity index (χ0) is 13.9. The molecule has 5 heteroatoms. The van der Waals surface area contributed by atoms with Crippen LogP contribution < -0.4 is 4.72 Å². The van der Waals surface area contributed by atoms with Gasteiger partial charge in [-0.2, -0.15) is 5.10 Å². The molecule has 0 atom stereocenters. The molecule has 2 heterocycles. The average molecular weight is 284 g/mol. The van der Waals surface area contributed by atoms with Crippen molar-refractivity contribution in [1.29, 1.82) is 0 Å². The Kier molecular flexibility index (Phi) is 3.60. The maximum absolute atomic E-state index is 4.44. The Hall–Kier alpha value is -2.01. The molecule has 0 amide bonds. The molecule has 3 rings (SSSR count). The molecule has 0 spiro atoms. The Morgan fingerprint density at radius 2 is 1.95 bits per heavy atom. The second kappa shape index (κ2) is 5.54. The molecule has 0 radical (unpaired) electrons. The zero-order valence-electron chi connectivity index (χ0n) is 11.4. The van der Waals surface area contributed by atoms with Gasteiger partial charge in [0.25, 0.3) is 0 Å². The number of nitrogens with zero attached hydrogens (tertiary/aromatic N) is 3. The third-order valence-electron chi connectivity index (χ3n) is 3.02. The second-order valence-electron chi connectivity index (χ2n) is 4.79. The predicted octanol–water partition coefficient (Wildman–Crippen LogP) is 4.13. The van der Waals surface area contributed by atoms with Gasteiger partial charge in [0.15, 0.2) is 0 Å². The highest BCUT2D eigenvalue weighted by Gasteiger charge is 2.08. The minimum absolute atomic E-state index is 0.347. The van der Waals surface area contributed by atoms with E-state index in [1.165, 1.54) is 0 Å². The summed E-state index contributed by atoms with van der Waals surface area (Å²) < 4.78 is 5.37. The molecular weight excluding hydrogens is 268 g/mol. The predicted molar refractivity (Wildman–Crippen MR) is 83.8 cm³/mol. The Balaban J connectivity index is 1.85. The van der Waals surface area contributed by atoms with Crippen LogP contribution in [-0.2, 0) is 0 Å². The molecule has 0 saturated carbocycles. The van der Waals surface area contributed by atoms with E-state index in [2.05, 4.69) is 40.8 Å². The van der Waals surface area contributed by atoms with Crippen LogP contribution in [0.15, 0.2) is 53.8 Å². The van der Waals surface area contributed by atoms with E-state index in [4.69, 9.17) is 0 Å². The first-order chi connectivity index (χ1) is 9.75. The molecule has 4 nitrogen and oxygen atoms in total. The van der Waals surface area contributed by atoms with Gasteiger partial charge in [-0.1, -0.05) is 18.2 Å². The topological polar surface area (TPSA) is 42.7 Å². The summed E-state index contributed by atoms with van der Waals surface area (Å²) >= 11 is 1.56. The van der Waals surface area contributed by atoms with Crippen molar-refractivity contribution in [2.75, 3.05) is 4.72 Å². The van der Waals surface area contributed by atoms with Gasteiger partial charge in [0.05, 0.1) is 17.4 Å². The SMILES string of the molecule is CC(C)n1nccc1SNc1cccc2cccnc12. The van der Waals surface area contributed by atoms with Crippen LogP contribution >= 0.6 is 11.9 Å². The lowest BCUT2D eigenvalue weighted by Gasteiger charge is -2.12. The van der Waals surface area contributed by atoms with Crippen LogP contribution in [0.1, 0.15) is 19.9 Å². The molecule has 0 bridgehead atoms. The average Bonchev–Trinajstić information content (AvgIpc) is 2.93. The molecule has 102 valence electrons. The first kappa shape index (κ1) is 13.0. The molecule has 1 aromatic carbocycles. The molecule has 0 aliphatic carbocycles. The van der Waals surface area contributed by atoms with E-state index in [9.17, 15) is 0 Å². The van der Waals surface area contributed by atoms with E-state index in [-0.39, 0.29) is 0 Å². The van der Waals surface area contributed by atoms with E-state index >= 15 is 0 Å². The van der Waals surface area contributed by atoms with Crippen molar-refractivity contribution < 1.29 is 0 Å². The summed E-state index contributed by atoms with van der Waals surface area (Å²) in [6.45, 7) is 4.24. The number of fused-ring (bicyclic) bond motifs is 1. The minimum atomic E-state index is 0.347. The number of hydrogen-bond acceptors (Lipinski definition) is 4. The van der Waals surface area contributed by atoms with Crippen molar-refractivity contribution >= 4 is 28.5 Å². The molecule has 2 aromatic heterocycles. The number of nitrogens with one attached hydrogen (secondary N) is 1. The first-order valence-electron chi connectivity index (χ1n) is 6.56. The number of pyridine rings is 1. The summed E-state index contributed by atoms with van der Waals surface area (Å²) in [4.78, 5) is 4.44. The molecule has 1 N–H and O–H groups in total.